The molecule has 2 aromatic rings. The molecule has 112 valence electrons. The highest BCUT2D eigenvalue weighted by Gasteiger charge is 2.08. The smallest absolute Gasteiger partial charge is 0.161 e. The van der Waals surface area contributed by atoms with Gasteiger partial charge >= 0.3 is 0 Å². The van der Waals surface area contributed by atoms with E-state index in [0.717, 1.165) is 17.5 Å². The Balaban J connectivity index is 2.13. The van der Waals surface area contributed by atoms with Gasteiger partial charge < -0.3 is 15.2 Å². The van der Waals surface area contributed by atoms with Crippen molar-refractivity contribution in [2.75, 3.05) is 7.11 Å². The number of ether oxygens (including phenoxy) is 2. The third-order valence-corrected chi connectivity index (χ3v) is 3.07. The van der Waals surface area contributed by atoms with Gasteiger partial charge in [-0.2, -0.15) is 0 Å². The first-order valence-electron chi connectivity index (χ1n) is 6.88. The van der Waals surface area contributed by atoms with Crippen LogP contribution in [-0.4, -0.2) is 13.2 Å². The minimum atomic E-state index is -0.270. The van der Waals surface area contributed by atoms with Gasteiger partial charge in [0.2, 0.25) is 0 Å². The fraction of sp³-hybridized carbons (Fsp3) is 0.294. The van der Waals surface area contributed by atoms with Crippen LogP contribution in [0.1, 0.15) is 18.1 Å². The molecule has 1 atom stereocenters. The van der Waals surface area contributed by atoms with Crippen LogP contribution >= 0.6 is 0 Å². The minimum absolute atomic E-state index is 0.0782. The maximum Gasteiger partial charge on any atom is 0.161 e. The molecule has 0 fully saturated rings. The summed E-state index contributed by atoms with van der Waals surface area (Å²) in [5.41, 5.74) is 7.67. The van der Waals surface area contributed by atoms with Gasteiger partial charge in [0, 0.05) is 6.04 Å². The van der Waals surface area contributed by atoms with E-state index in [1.807, 2.05) is 31.2 Å². The Morgan fingerprint density at radius 2 is 1.90 bits per heavy atom. The van der Waals surface area contributed by atoms with E-state index in [1.54, 1.807) is 13.2 Å². The highest BCUT2D eigenvalue weighted by Crippen LogP contribution is 2.29. The van der Waals surface area contributed by atoms with E-state index in [1.165, 1.54) is 12.1 Å². The third kappa shape index (κ3) is 4.46. The average molecular weight is 289 g/mol. The zero-order chi connectivity index (χ0) is 15.2. The first kappa shape index (κ1) is 15.3. The summed E-state index contributed by atoms with van der Waals surface area (Å²) in [5.74, 6) is 1.02. The van der Waals surface area contributed by atoms with Gasteiger partial charge in [-0.1, -0.05) is 18.2 Å². The lowest BCUT2D eigenvalue weighted by Crippen LogP contribution is -2.17. The predicted molar refractivity (Wildman–Crippen MR) is 81.1 cm³/mol. The normalized spacial score (nSPS) is 12.0. The molecule has 0 aliphatic heterocycles. The molecule has 0 saturated heterocycles. The Morgan fingerprint density at radius 3 is 2.57 bits per heavy atom. The van der Waals surface area contributed by atoms with Crippen molar-refractivity contribution < 1.29 is 13.9 Å². The summed E-state index contributed by atoms with van der Waals surface area (Å²) in [6, 6.07) is 12.2. The molecule has 4 heteroatoms. The second-order valence-corrected chi connectivity index (χ2v) is 5.09. The SMILES string of the molecule is COc1ccc(CC(C)N)cc1OCc1cccc(F)c1. The van der Waals surface area contributed by atoms with Crippen LogP contribution in [0, 0.1) is 5.82 Å². The fourth-order valence-electron chi connectivity index (χ4n) is 2.12. The number of nitrogens with two attached hydrogens (primary N) is 1. The standard InChI is InChI=1S/C17H20FNO2/c1-12(19)8-13-6-7-16(20-2)17(10-13)21-11-14-4-3-5-15(18)9-14/h3-7,9-10,12H,8,11,19H2,1-2H3. The molecule has 0 radical (unpaired) electrons. The Morgan fingerprint density at radius 1 is 1.10 bits per heavy atom. The van der Waals surface area contributed by atoms with Gasteiger partial charge in [0.25, 0.3) is 0 Å². The second-order valence-electron chi connectivity index (χ2n) is 5.09. The van der Waals surface area contributed by atoms with Crippen molar-refractivity contribution in [2.24, 2.45) is 5.73 Å². The van der Waals surface area contributed by atoms with Gasteiger partial charge in [0.1, 0.15) is 12.4 Å². The van der Waals surface area contributed by atoms with Crippen molar-refractivity contribution in [1.82, 2.24) is 0 Å². The lowest BCUT2D eigenvalue weighted by Gasteiger charge is -2.13. The predicted octanol–water partition coefficient (Wildman–Crippen LogP) is 3.30. The van der Waals surface area contributed by atoms with Gasteiger partial charge in [0.15, 0.2) is 11.5 Å². The molecule has 0 saturated carbocycles. The fourth-order valence-corrected chi connectivity index (χ4v) is 2.12. The van der Waals surface area contributed by atoms with Crippen LogP contribution in [0.3, 0.4) is 0 Å². The van der Waals surface area contributed by atoms with Crippen LogP contribution in [0.2, 0.25) is 0 Å². The summed E-state index contributed by atoms with van der Waals surface area (Å²) in [4.78, 5) is 0. The molecular formula is C17H20FNO2. The largest absolute Gasteiger partial charge is 0.493 e. The summed E-state index contributed by atoms with van der Waals surface area (Å²) in [6.45, 7) is 2.24. The molecule has 0 bridgehead atoms. The number of rotatable bonds is 6. The van der Waals surface area contributed by atoms with Crippen LogP contribution in [0.4, 0.5) is 4.39 Å². The highest BCUT2D eigenvalue weighted by atomic mass is 19.1. The van der Waals surface area contributed by atoms with Crippen molar-refractivity contribution in [1.29, 1.82) is 0 Å². The number of benzene rings is 2. The van der Waals surface area contributed by atoms with Gasteiger partial charge in [-0.15, -0.1) is 0 Å². The Kier molecular flexibility index (Phi) is 5.17. The second kappa shape index (κ2) is 7.09. The molecule has 0 aliphatic rings. The summed E-state index contributed by atoms with van der Waals surface area (Å²) in [7, 11) is 1.59. The molecule has 21 heavy (non-hydrogen) atoms. The summed E-state index contributed by atoms with van der Waals surface area (Å²) in [5, 5.41) is 0. The third-order valence-electron chi connectivity index (χ3n) is 3.07. The van der Waals surface area contributed by atoms with Gasteiger partial charge in [0.05, 0.1) is 7.11 Å². The van der Waals surface area contributed by atoms with E-state index >= 15 is 0 Å². The van der Waals surface area contributed by atoms with E-state index in [4.69, 9.17) is 15.2 Å². The summed E-state index contributed by atoms with van der Waals surface area (Å²) in [6.07, 6.45) is 0.764. The van der Waals surface area contributed by atoms with Crippen LogP contribution < -0.4 is 15.2 Å². The molecular weight excluding hydrogens is 269 g/mol. The molecule has 0 amide bonds. The zero-order valence-corrected chi connectivity index (χ0v) is 12.3. The van der Waals surface area contributed by atoms with Crippen molar-refractivity contribution in [3.05, 3.63) is 59.4 Å². The first-order valence-corrected chi connectivity index (χ1v) is 6.88. The van der Waals surface area contributed by atoms with Crippen molar-refractivity contribution in [3.63, 3.8) is 0 Å². The maximum atomic E-state index is 13.2. The molecule has 0 aliphatic carbocycles. The minimum Gasteiger partial charge on any atom is -0.493 e. The van der Waals surface area contributed by atoms with Gasteiger partial charge in [-0.3, -0.25) is 0 Å². The van der Waals surface area contributed by atoms with E-state index < -0.39 is 0 Å². The number of halogens is 1. The van der Waals surface area contributed by atoms with Crippen LogP contribution in [-0.2, 0) is 13.0 Å². The number of hydrogen-bond donors (Lipinski definition) is 1. The quantitative estimate of drug-likeness (QED) is 0.887. The van der Waals surface area contributed by atoms with Crippen LogP contribution in [0.15, 0.2) is 42.5 Å². The topological polar surface area (TPSA) is 44.5 Å². The van der Waals surface area contributed by atoms with Crippen molar-refractivity contribution in [3.8, 4) is 11.5 Å². The van der Waals surface area contributed by atoms with Crippen molar-refractivity contribution >= 4 is 0 Å². The molecule has 0 spiro atoms. The average Bonchev–Trinajstić information content (AvgIpc) is 2.45. The van der Waals surface area contributed by atoms with E-state index in [-0.39, 0.29) is 18.5 Å². The molecule has 1 unspecified atom stereocenters. The summed E-state index contributed by atoms with van der Waals surface area (Å²) >= 11 is 0. The van der Waals surface area contributed by atoms with Crippen LogP contribution in [0.25, 0.3) is 0 Å². The van der Waals surface area contributed by atoms with E-state index in [0.29, 0.717) is 11.5 Å². The molecule has 3 nitrogen and oxygen atoms in total. The zero-order valence-electron chi connectivity index (χ0n) is 12.3. The van der Waals surface area contributed by atoms with Gasteiger partial charge in [-0.25, -0.2) is 4.39 Å². The lowest BCUT2D eigenvalue weighted by atomic mass is 10.1. The van der Waals surface area contributed by atoms with Gasteiger partial charge in [-0.05, 0) is 48.7 Å². The Bertz CT molecular complexity index is 599. The first-order chi connectivity index (χ1) is 10.1. The molecule has 2 rings (SSSR count). The maximum absolute atomic E-state index is 13.2. The van der Waals surface area contributed by atoms with Crippen LogP contribution in [0.5, 0.6) is 11.5 Å². The number of methoxy groups -OCH3 is 1. The van der Waals surface area contributed by atoms with Crippen molar-refractivity contribution in [2.45, 2.75) is 26.0 Å². The highest BCUT2D eigenvalue weighted by molar-refractivity contribution is 5.43. The molecule has 0 heterocycles. The molecule has 0 aromatic heterocycles. The number of hydrogen-bond acceptors (Lipinski definition) is 3. The summed E-state index contributed by atoms with van der Waals surface area (Å²) < 4.78 is 24.2. The Hall–Kier alpha value is -2.07. The molecule has 2 N–H and O–H groups in total. The van der Waals surface area contributed by atoms with E-state index in [9.17, 15) is 4.39 Å². The molecule has 2 aromatic carbocycles. The van der Waals surface area contributed by atoms with E-state index in [2.05, 4.69) is 0 Å². The lowest BCUT2D eigenvalue weighted by molar-refractivity contribution is 0.283. The monoisotopic (exact) mass is 289 g/mol. The Labute approximate surface area is 124 Å².